The Labute approximate surface area is 124 Å². The summed E-state index contributed by atoms with van der Waals surface area (Å²) in [6, 6.07) is 10.4. The van der Waals surface area contributed by atoms with Gasteiger partial charge in [0.15, 0.2) is 0 Å². The zero-order chi connectivity index (χ0) is 14.0. The number of fused-ring (bicyclic) bond motifs is 4. The van der Waals surface area contributed by atoms with E-state index in [-0.39, 0.29) is 0 Å². The standard InChI is InChI=1S/C17H10N2OS/c1-20-14-6-5-11-15-9(14)3-2-4-10(15)16-17(11)19-13-8-21-7-12(13)18-16/h2-8H,1H3. The average molecular weight is 290 g/mol. The second-order valence-corrected chi connectivity index (χ2v) is 5.85. The number of ether oxygens (including phenoxy) is 1. The zero-order valence-electron chi connectivity index (χ0n) is 11.3. The monoisotopic (exact) mass is 290 g/mol. The molecule has 2 heterocycles. The Bertz CT molecular complexity index is 992. The van der Waals surface area contributed by atoms with Crippen molar-refractivity contribution in [2.75, 3.05) is 7.11 Å². The summed E-state index contributed by atoms with van der Waals surface area (Å²) in [7, 11) is 1.71. The molecule has 0 amide bonds. The van der Waals surface area contributed by atoms with Crippen LogP contribution in [0.5, 0.6) is 5.75 Å². The normalized spacial score (nSPS) is 12.0. The molecular formula is C17H10N2OS. The number of thiophene rings is 1. The highest BCUT2D eigenvalue weighted by Gasteiger charge is 2.25. The van der Waals surface area contributed by atoms with Gasteiger partial charge in [0, 0.05) is 32.7 Å². The van der Waals surface area contributed by atoms with Crippen LogP contribution >= 0.6 is 11.3 Å². The van der Waals surface area contributed by atoms with E-state index in [1.54, 1.807) is 18.4 Å². The lowest BCUT2D eigenvalue weighted by molar-refractivity contribution is 0.420. The molecular weight excluding hydrogens is 280 g/mol. The molecule has 0 saturated heterocycles. The minimum Gasteiger partial charge on any atom is -0.496 e. The van der Waals surface area contributed by atoms with Crippen LogP contribution in [0.4, 0.5) is 0 Å². The lowest BCUT2D eigenvalue weighted by atomic mass is 10.0. The maximum atomic E-state index is 5.49. The first-order valence-corrected chi connectivity index (χ1v) is 7.65. The van der Waals surface area contributed by atoms with Gasteiger partial charge < -0.3 is 4.74 Å². The van der Waals surface area contributed by atoms with Crippen LogP contribution in [0.1, 0.15) is 0 Å². The Balaban J connectivity index is 1.99. The second-order valence-electron chi connectivity index (χ2n) is 5.11. The van der Waals surface area contributed by atoms with E-state index in [2.05, 4.69) is 24.3 Å². The molecule has 0 fully saturated rings. The highest BCUT2D eigenvalue weighted by atomic mass is 32.1. The van der Waals surface area contributed by atoms with Crippen LogP contribution in [0.25, 0.3) is 44.3 Å². The predicted molar refractivity (Wildman–Crippen MR) is 85.9 cm³/mol. The topological polar surface area (TPSA) is 35.0 Å². The molecule has 0 spiro atoms. The van der Waals surface area contributed by atoms with Crippen LogP contribution in [0.3, 0.4) is 0 Å². The van der Waals surface area contributed by atoms with Crippen molar-refractivity contribution in [1.29, 1.82) is 0 Å². The van der Waals surface area contributed by atoms with E-state index < -0.39 is 0 Å². The fourth-order valence-corrected chi connectivity index (χ4v) is 3.80. The van der Waals surface area contributed by atoms with Crippen molar-refractivity contribution in [1.82, 2.24) is 9.97 Å². The Hall–Kier alpha value is -2.46. The fraction of sp³-hybridized carbons (Fsp3) is 0.0588. The van der Waals surface area contributed by atoms with Gasteiger partial charge in [0.05, 0.1) is 18.5 Å². The van der Waals surface area contributed by atoms with Gasteiger partial charge in [-0.15, -0.1) is 11.3 Å². The average Bonchev–Trinajstić information content (AvgIpc) is 3.10. The molecule has 100 valence electrons. The van der Waals surface area contributed by atoms with Crippen LogP contribution in [-0.4, -0.2) is 17.1 Å². The largest absolute Gasteiger partial charge is 0.496 e. The third kappa shape index (κ3) is 1.33. The lowest BCUT2D eigenvalue weighted by Gasteiger charge is -2.06. The number of aromatic nitrogens is 2. The molecule has 0 bridgehead atoms. The van der Waals surface area contributed by atoms with E-state index in [4.69, 9.17) is 14.7 Å². The maximum Gasteiger partial charge on any atom is 0.126 e. The summed E-state index contributed by atoms with van der Waals surface area (Å²) in [5.74, 6) is 0.893. The van der Waals surface area contributed by atoms with Gasteiger partial charge in [0.1, 0.15) is 16.8 Å². The van der Waals surface area contributed by atoms with Gasteiger partial charge in [-0.1, -0.05) is 18.2 Å². The fourth-order valence-electron chi connectivity index (χ4n) is 3.13. The molecule has 0 unspecified atom stereocenters. The molecule has 0 saturated carbocycles. The molecule has 3 nitrogen and oxygen atoms in total. The Morgan fingerprint density at radius 2 is 1.62 bits per heavy atom. The van der Waals surface area contributed by atoms with Gasteiger partial charge in [-0.2, -0.15) is 0 Å². The molecule has 5 rings (SSSR count). The van der Waals surface area contributed by atoms with Crippen LogP contribution in [0, 0.1) is 0 Å². The van der Waals surface area contributed by atoms with Gasteiger partial charge in [0.25, 0.3) is 0 Å². The lowest BCUT2D eigenvalue weighted by Crippen LogP contribution is -1.87. The number of hydrogen-bond donors (Lipinski definition) is 0. The highest BCUT2D eigenvalue weighted by Crippen LogP contribution is 2.48. The first-order chi connectivity index (χ1) is 10.4. The van der Waals surface area contributed by atoms with Gasteiger partial charge in [0.2, 0.25) is 0 Å². The van der Waals surface area contributed by atoms with Crippen molar-refractivity contribution < 1.29 is 4.74 Å². The van der Waals surface area contributed by atoms with Crippen LogP contribution < -0.4 is 4.74 Å². The van der Waals surface area contributed by atoms with E-state index in [0.717, 1.165) is 44.7 Å². The van der Waals surface area contributed by atoms with Crippen molar-refractivity contribution in [2.24, 2.45) is 0 Å². The molecule has 0 radical (unpaired) electrons. The third-order valence-electron chi connectivity index (χ3n) is 4.04. The molecule has 0 atom stereocenters. The molecule has 2 aromatic carbocycles. The van der Waals surface area contributed by atoms with Gasteiger partial charge in [-0.3, -0.25) is 0 Å². The summed E-state index contributed by atoms with van der Waals surface area (Å²) in [6.07, 6.45) is 0. The number of rotatable bonds is 1. The van der Waals surface area contributed by atoms with Gasteiger partial charge in [-0.05, 0) is 12.1 Å². The molecule has 1 aliphatic rings. The van der Waals surface area contributed by atoms with Crippen LogP contribution in [0.15, 0.2) is 41.1 Å². The minimum atomic E-state index is 0.893. The quantitative estimate of drug-likeness (QED) is 0.456. The summed E-state index contributed by atoms with van der Waals surface area (Å²) in [4.78, 5) is 9.64. The zero-order valence-corrected chi connectivity index (χ0v) is 12.1. The van der Waals surface area contributed by atoms with E-state index in [0.29, 0.717) is 0 Å². The third-order valence-corrected chi connectivity index (χ3v) is 4.76. The Morgan fingerprint density at radius 3 is 2.33 bits per heavy atom. The molecule has 21 heavy (non-hydrogen) atoms. The number of benzene rings is 2. The maximum absolute atomic E-state index is 5.49. The molecule has 4 aromatic rings. The van der Waals surface area contributed by atoms with Crippen molar-refractivity contribution in [3.05, 3.63) is 41.1 Å². The first-order valence-electron chi connectivity index (χ1n) is 6.71. The van der Waals surface area contributed by atoms with E-state index in [9.17, 15) is 0 Å². The summed E-state index contributed by atoms with van der Waals surface area (Å²) in [5.41, 5.74) is 6.20. The van der Waals surface area contributed by atoms with E-state index in [1.165, 1.54) is 5.39 Å². The summed E-state index contributed by atoms with van der Waals surface area (Å²) in [6.45, 7) is 0. The van der Waals surface area contributed by atoms with Gasteiger partial charge in [-0.25, -0.2) is 9.97 Å². The van der Waals surface area contributed by atoms with E-state index >= 15 is 0 Å². The first kappa shape index (κ1) is 11.2. The number of nitrogens with zero attached hydrogens (tertiary/aromatic N) is 2. The van der Waals surface area contributed by atoms with Crippen LogP contribution in [-0.2, 0) is 0 Å². The molecule has 0 aliphatic heterocycles. The molecule has 0 N–H and O–H groups in total. The highest BCUT2D eigenvalue weighted by molar-refractivity contribution is 7.09. The number of methoxy groups -OCH3 is 1. The SMILES string of the molecule is COc1ccc2c3c(cccc13)-c1nc3cscc3nc1-2. The smallest absolute Gasteiger partial charge is 0.126 e. The summed E-state index contributed by atoms with van der Waals surface area (Å²) in [5, 5.41) is 6.41. The summed E-state index contributed by atoms with van der Waals surface area (Å²) < 4.78 is 5.49. The second kappa shape index (κ2) is 3.80. The molecule has 4 heteroatoms. The number of hydrogen-bond acceptors (Lipinski definition) is 4. The Kier molecular flexibility index (Phi) is 2.03. The summed E-state index contributed by atoms with van der Waals surface area (Å²) >= 11 is 1.64. The van der Waals surface area contributed by atoms with E-state index in [1.807, 2.05) is 16.8 Å². The Morgan fingerprint density at radius 1 is 0.905 bits per heavy atom. The minimum absolute atomic E-state index is 0.893. The van der Waals surface area contributed by atoms with Gasteiger partial charge >= 0.3 is 0 Å². The van der Waals surface area contributed by atoms with Crippen molar-refractivity contribution in [3.63, 3.8) is 0 Å². The van der Waals surface area contributed by atoms with Crippen molar-refractivity contribution in [2.45, 2.75) is 0 Å². The molecule has 2 aromatic heterocycles. The predicted octanol–water partition coefficient (Wildman–Crippen LogP) is 4.50. The van der Waals surface area contributed by atoms with Crippen LogP contribution in [0.2, 0.25) is 0 Å². The molecule has 1 aliphatic carbocycles. The van der Waals surface area contributed by atoms with Crippen molar-refractivity contribution >= 4 is 33.1 Å². The van der Waals surface area contributed by atoms with Crippen molar-refractivity contribution in [3.8, 4) is 28.3 Å².